The van der Waals surface area contributed by atoms with Gasteiger partial charge in [-0.2, -0.15) is 0 Å². The molecule has 0 radical (unpaired) electrons. The third-order valence-corrected chi connectivity index (χ3v) is 5.23. The Morgan fingerprint density at radius 3 is 1.42 bits per heavy atom. The maximum atomic E-state index is 9.49. The van der Waals surface area contributed by atoms with E-state index in [1.54, 1.807) is 47.8 Å². The summed E-state index contributed by atoms with van der Waals surface area (Å²) < 4.78 is 0. The van der Waals surface area contributed by atoms with Gasteiger partial charge in [-0.15, -0.1) is 0 Å². The summed E-state index contributed by atoms with van der Waals surface area (Å²) in [5.41, 5.74) is 12.2. The highest BCUT2D eigenvalue weighted by molar-refractivity contribution is 8.00. The normalized spacial score (nSPS) is 10.7. The van der Waals surface area contributed by atoms with Crippen LogP contribution in [0.25, 0.3) is 0 Å². The predicted molar refractivity (Wildman–Crippen MR) is 99.7 cm³/mol. The molecular weight excluding hydrogens is 340 g/mol. The Balaban J connectivity index is 1.78. The van der Waals surface area contributed by atoms with Crippen molar-refractivity contribution in [3.63, 3.8) is 0 Å². The molecule has 4 nitrogen and oxygen atoms in total. The summed E-state index contributed by atoms with van der Waals surface area (Å²) in [5.74, 6) is 0.183. The Morgan fingerprint density at radius 2 is 1.00 bits per heavy atom. The average Bonchev–Trinajstić information content (AvgIpc) is 2.55. The molecule has 6 heteroatoms. The second-order valence-electron chi connectivity index (χ2n) is 5.12. The fourth-order valence-electron chi connectivity index (χ4n) is 2.07. The number of nitrogens with two attached hydrogens (primary N) is 2. The Morgan fingerprint density at radius 1 is 0.583 bits per heavy atom. The van der Waals surface area contributed by atoms with Gasteiger partial charge in [-0.1, -0.05) is 29.6 Å². The lowest BCUT2D eigenvalue weighted by Crippen LogP contribution is -1.86. The van der Waals surface area contributed by atoms with Crippen molar-refractivity contribution < 1.29 is 10.2 Å². The minimum Gasteiger partial charge on any atom is -0.506 e. The highest BCUT2D eigenvalue weighted by Gasteiger charge is 2.05. The molecule has 0 fully saturated rings. The molecule has 0 spiro atoms. The zero-order valence-corrected chi connectivity index (χ0v) is 14.3. The predicted octanol–water partition coefficient (Wildman–Crippen LogP) is 4.56. The van der Waals surface area contributed by atoms with E-state index in [0.717, 1.165) is 19.6 Å². The fraction of sp³-hybridized carbons (Fsp3) is 0. The van der Waals surface area contributed by atoms with E-state index in [1.165, 1.54) is 0 Å². The molecule has 24 heavy (non-hydrogen) atoms. The number of benzene rings is 3. The van der Waals surface area contributed by atoms with E-state index >= 15 is 0 Å². The minimum atomic E-state index is 0.0913. The Bertz CT molecular complexity index is 816. The van der Waals surface area contributed by atoms with Gasteiger partial charge in [0, 0.05) is 19.6 Å². The van der Waals surface area contributed by atoms with Crippen molar-refractivity contribution in [1.29, 1.82) is 0 Å². The van der Waals surface area contributed by atoms with Crippen molar-refractivity contribution in [2.75, 3.05) is 11.5 Å². The zero-order chi connectivity index (χ0) is 17.1. The largest absolute Gasteiger partial charge is 0.506 e. The second kappa shape index (κ2) is 6.98. The maximum Gasteiger partial charge on any atom is 0.138 e. The van der Waals surface area contributed by atoms with Crippen LogP contribution >= 0.6 is 23.5 Å². The molecule has 0 aliphatic heterocycles. The van der Waals surface area contributed by atoms with Crippen molar-refractivity contribution in [2.24, 2.45) is 0 Å². The highest BCUT2D eigenvalue weighted by Crippen LogP contribution is 2.36. The van der Waals surface area contributed by atoms with Gasteiger partial charge < -0.3 is 21.7 Å². The van der Waals surface area contributed by atoms with Crippen LogP contribution in [0.1, 0.15) is 0 Å². The van der Waals surface area contributed by atoms with Crippen LogP contribution in [0, 0.1) is 0 Å². The first-order valence-corrected chi connectivity index (χ1v) is 8.77. The summed E-state index contributed by atoms with van der Waals surface area (Å²) in [4.78, 5) is 4.05. The standard InChI is InChI=1S/C18H16N2O2S2/c19-15-9-13(4-6-17(15)21)23-11-2-1-3-12(8-11)24-14-5-7-18(22)16(20)10-14/h1-10,21-22H,19-20H2. The lowest BCUT2D eigenvalue weighted by molar-refractivity contribution is 0.477. The van der Waals surface area contributed by atoms with E-state index in [9.17, 15) is 10.2 Å². The molecular formula is C18H16N2O2S2. The molecule has 6 N–H and O–H groups in total. The fourth-order valence-corrected chi connectivity index (χ4v) is 3.99. The van der Waals surface area contributed by atoms with Crippen LogP contribution in [0.4, 0.5) is 11.4 Å². The van der Waals surface area contributed by atoms with Crippen LogP contribution in [0.2, 0.25) is 0 Å². The van der Waals surface area contributed by atoms with Crippen molar-refractivity contribution in [3.05, 3.63) is 60.7 Å². The van der Waals surface area contributed by atoms with E-state index in [4.69, 9.17) is 11.5 Å². The summed E-state index contributed by atoms with van der Waals surface area (Å²) in [5, 5.41) is 19.0. The van der Waals surface area contributed by atoms with Gasteiger partial charge in [0.2, 0.25) is 0 Å². The van der Waals surface area contributed by atoms with Crippen LogP contribution in [0.5, 0.6) is 11.5 Å². The molecule has 0 heterocycles. The molecule has 3 aromatic rings. The van der Waals surface area contributed by atoms with Crippen LogP contribution < -0.4 is 11.5 Å². The maximum absolute atomic E-state index is 9.49. The number of hydrogen-bond donors (Lipinski definition) is 4. The van der Waals surface area contributed by atoms with E-state index in [1.807, 2.05) is 30.3 Å². The van der Waals surface area contributed by atoms with E-state index in [2.05, 4.69) is 6.07 Å². The van der Waals surface area contributed by atoms with Gasteiger partial charge in [0.15, 0.2) is 0 Å². The van der Waals surface area contributed by atoms with E-state index in [-0.39, 0.29) is 11.5 Å². The molecule has 0 atom stereocenters. The molecule has 0 aromatic heterocycles. The van der Waals surface area contributed by atoms with Gasteiger partial charge >= 0.3 is 0 Å². The first-order chi connectivity index (χ1) is 11.5. The Kier molecular flexibility index (Phi) is 4.78. The summed E-state index contributed by atoms with van der Waals surface area (Å²) in [7, 11) is 0. The Labute approximate surface area is 148 Å². The van der Waals surface area contributed by atoms with Gasteiger partial charge in [0.25, 0.3) is 0 Å². The summed E-state index contributed by atoms with van der Waals surface area (Å²) in [6.07, 6.45) is 0. The third-order valence-electron chi connectivity index (χ3n) is 3.27. The molecule has 3 aromatic carbocycles. The Hall–Kier alpha value is -2.44. The molecule has 0 unspecified atom stereocenters. The quantitative estimate of drug-likeness (QED) is 0.404. The topological polar surface area (TPSA) is 92.5 Å². The molecule has 0 amide bonds. The first-order valence-electron chi connectivity index (χ1n) is 7.14. The number of phenols is 2. The van der Waals surface area contributed by atoms with Gasteiger partial charge in [0.05, 0.1) is 11.4 Å². The molecule has 3 rings (SSSR count). The lowest BCUT2D eigenvalue weighted by atomic mass is 10.3. The molecule has 0 aliphatic rings. The van der Waals surface area contributed by atoms with Crippen LogP contribution in [-0.2, 0) is 0 Å². The highest BCUT2D eigenvalue weighted by atomic mass is 32.2. The average molecular weight is 356 g/mol. The first kappa shape index (κ1) is 16.4. The molecule has 0 aliphatic carbocycles. The summed E-state index contributed by atoms with van der Waals surface area (Å²) in [6.45, 7) is 0. The van der Waals surface area contributed by atoms with Gasteiger partial charge in [-0.25, -0.2) is 0 Å². The zero-order valence-electron chi connectivity index (χ0n) is 12.6. The van der Waals surface area contributed by atoms with Crippen LogP contribution in [-0.4, -0.2) is 10.2 Å². The third kappa shape index (κ3) is 3.90. The van der Waals surface area contributed by atoms with Gasteiger partial charge in [-0.3, -0.25) is 0 Å². The SMILES string of the molecule is Nc1cc(Sc2cccc(Sc3ccc(O)c(N)c3)c2)ccc1O. The van der Waals surface area contributed by atoms with Crippen LogP contribution in [0.15, 0.2) is 80.2 Å². The lowest BCUT2D eigenvalue weighted by Gasteiger charge is -2.07. The van der Waals surface area contributed by atoms with Crippen molar-refractivity contribution in [2.45, 2.75) is 19.6 Å². The van der Waals surface area contributed by atoms with Gasteiger partial charge in [-0.05, 0) is 54.6 Å². The smallest absolute Gasteiger partial charge is 0.138 e. The molecule has 122 valence electrons. The summed E-state index contributed by atoms with van der Waals surface area (Å²) >= 11 is 3.14. The number of hydrogen-bond acceptors (Lipinski definition) is 6. The van der Waals surface area contributed by atoms with Crippen molar-refractivity contribution >= 4 is 34.9 Å². The number of aromatic hydroxyl groups is 2. The number of nitrogen functional groups attached to an aromatic ring is 2. The summed E-state index contributed by atoms with van der Waals surface area (Å²) in [6, 6.07) is 18.4. The van der Waals surface area contributed by atoms with E-state index in [0.29, 0.717) is 11.4 Å². The molecule has 0 saturated heterocycles. The van der Waals surface area contributed by atoms with Crippen molar-refractivity contribution in [3.8, 4) is 11.5 Å². The van der Waals surface area contributed by atoms with E-state index < -0.39 is 0 Å². The van der Waals surface area contributed by atoms with Gasteiger partial charge in [0.1, 0.15) is 11.5 Å². The number of rotatable bonds is 4. The van der Waals surface area contributed by atoms with Crippen molar-refractivity contribution in [1.82, 2.24) is 0 Å². The molecule has 0 saturated carbocycles. The monoisotopic (exact) mass is 356 g/mol. The van der Waals surface area contributed by atoms with Crippen LogP contribution in [0.3, 0.4) is 0 Å². The molecule has 0 bridgehead atoms. The number of anilines is 2. The number of phenolic OH excluding ortho intramolecular Hbond substituents is 2. The minimum absolute atomic E-state index is 0.0913. The second-order valence-corrected chi connectivity index (χ2v) is 7.41.